The van der Waals surface area contributed by atoms with Gasteiger partial charge in [0.05, 0.1) is 17.8 Å². The van der Waals surface area contributed by atoms with Gasteiger partial charge in [-0.2, -0.15) is 0 Å². The molecule has 2 aromatic carbocycles. The highest BCUT2D eigenvalue weighted by molar-refractivity contribution is 6.11. The zero-order valence-corrected chi connectivity index (χ0v) is 18.2. The lowest BCUT2D eigenvalue weighted by atomic mass is 10.1. The first-order valence-electron chi connectivity index (χ1n) is 11.1. The van der Waals surface area contributed by atoms with Gasteiger partial charge in [0.2, 0.25) is 5.91 Å². The van der Waals surface area contributed by atoms with Crippen molar-refractivity contribution in [1.29, 1.82) is 0 Å². The molecule has 0 radical (unpaired) electrons. The SMILES string of the molecule is CCCCN(C)C(=O)c1ccc(CN2C(=O)[C@H]3CCCN3C(=O)c3ccccc32)cc1. The summed E-state index contributed by atoms with van der Waals surface area (Å²) in [5.41, 5.74) is 2.80. The summed E-state index contributed by atoms with van der Waals surface area (Å²) >= 11 is 0. The molecule has 0 saturated carbocycles. The third kappa shape index (κ3) is 4.07. The highest BCUT2D eigenvalue weighted by Crippen LogP contribution is 2.33. The number of hydrogen-bond acceptors (Lipinski definition) is 3. The van der Waals surface area contributed by atoms with Crippen LogP contribution in [-0.2, 0) is 11.3 Å². The molecule has 6 nitrogen and oxygen atoms in total. The molecule has 3 amide bonds. The summed E-state index contributed by atoms with van der Waals surface area (Å²) in [5, 5.41) is 0. The van der Waals surface area contributed by atoms with Crippen LogP contribution in [0.25, 0.3) is 0 Å². The van der Waals surface area contributed by atoms with E-state index >= 15 is 0 Å². The number of hydrogen-bond donors (Lipinski definition) is 0. The maximum Gasteiger partial charge on any atom is 0.256 e. The summed E-state index contributed by atoms with van der Waals surface area (Å²) in [7, 11) is 1.82. The largest absolute Gasteiger partial charge is 0.342 e. The summed E-state index contributed by atoms with van der Waals surface area (Å²) in [5.74, 6) is -0.0938. The first-order valence-corrected chi connectivity index (χ1v) is 11.1. The zero-order valence-electron chi connectivity index (χ0n) is 18.2. The van der Waals surface area contributed by atoms with Crippen LogP contribution in [0.5, 0.6) is 0 Å². The van der Waals surface area contributed by atoms with E-state index in [1.54, 1.807) is 20.8 Å². The van der Waals surface area contributed by atoms with Crippen LogP contribution in [0.1, 0.15) is 58.9 Å². The second-order valence-electron chi connectivity index (χ2n) is 8.38. The van der Waals surface area contributed by atoms with Crippen LogP contribution < -0.4 is 4.90 Å². The van der Waals surface area contributed by atoms with E-state index in [-0.39, 0.29) is 17.7 Å². The molecule has 162 valence electrons. The van der Waals surface area contributed by atoms with Gasteiger partial charge in [0.1, 0.15) is 6.04 Å². The van der Waals surface area contributed by atoms with E-state index in [1.165, 1.54) is 0 Å². The summed E-state index contributed by atoms with van der Waals surface area (Å²) in [6.07, 6.45) is 3.57. The lowest BCUT2D eigenvalue weighted by Gasteiger charge is -2.26. The molecule has 4 rings (SSSR count). The monoisotopic (exact) mass is 419 g/mol. The molecule has 1 fully saturated rings. The molecular formula is C25H29N3O3. The third-order valence-corrected chi connectivity index (χ3v) is 6.23. The van der Waals surface area contributed by atoms with E-state index in [1.807, 2.05) is 49.5 Å². The van der Waals surface area contributed by atoms with Gasteiger partial charge in [0.15, 0.2) is 0 Å². The fourth-order valence-electron chi connectivity index (χ4n) is 4.43. The van der Waals surface area contributed by atoms with E-state index in [4.69, 9.17) is 0 Å². The average Bonchev–Trinajstić information content (AvgIpc) is 3.27. The highest BCUT2D eigenvalue weighted by Gasteiger charge is 2.41. The van der Waals surface area contributed by atoms with Crippen molar-refractivity contribution in [2.45, 2.75) is 45.2 Å². The molecule has 0 spiro atoms. The summed E-state index contributed by atoms with van der Waals surface area (Å²) < 4.78 is 0. The predicted molar refractivity (Wildman–Crippen MR) is 120 cm³/mol. The van der Waals surface area contributed by atoms with E-state index in [0.717, 1.165) is 31.4 Å². The zero-order chi connectivity index (χ0) is 22.0. The number of nitrogens with zero attached hydrogens (tertiary/aromatic N) is 3. The third-order valence-electron chi connectivity index (χ3n) is 6.23. The molecule has 31 heavy (non-hydrogen) atoms. The maximum absolute atomic E-state index is 13.4. The second-order valence-corrected chi connectivity index (χ2v) is 8.38. The van der Waals surface area contributed by atoms with Crippen LogP contribution in [-0.4, -0.2) is 53.7 Å². The first kappa shape index (κ1) is 21.1. The van der Waals surface area contributed by atoms with Gasteiger partial charge in [-0.3, -0.25) is 14.4 Å². The van der Waals surface area contributed by atoms with Crippen molar-refractivity contribution in [2.24, 2.45) is 0 Å². The molecule has 6 heteroatoms. The number of anilines is 1. The van der Waals surface area contributed by atoms with Gasteiger partial charge in [-0.1, -0.05) is 37.6 Å². The van der Waals surface area contributed by atoms with Crippen molar-refractivity contribution in [3.63, 3.8) is 0 Å². The lowest BCUT2D eigenvalue weighted by molar-refractivity contribution is -0.122. The number of benzene rings is 2. The number of carbonyl (C=O) groups is 3. The molecule has 0 N–H and O–H groups in total. The normalized spacial score (nSPS) is 17.9. The first-order chi connectivity index (χ1) is 15.0. The van der Waals surface area contributed by atoms with Crippen molar-refractivity contribution in [3.8, 4) is 0 Å². The topological polar surface area (TPSA) is 60.9 Å². The number of para-hydroxylation sites is 1. The second kappa shape index (κ2) is 8.92. The number of carbonyl (C=O) groups excluding carboxylic acids is 3. The predicted octanol–water partition coefficient (Wildman–Crippen LogP) is 3.71. The maximum atomic E-state index is 13.4. The Hall–Kier alpha value is -3.15. The standard InChI is InChI=1S/C25H29N3O3/c1-3-4-15-26(2)23(29)19-13-11-18(12-14-19)17-28-21-9-6-5-8-20(21)24(30)27-16-7-10-22(27)25(28)31/h5-6,8-9,11-14,22H,3-4,7,10,15-17H2,1-2H3/t22-/m1/s1. The quantitative estimate of drug-likeness (QED) is 0.717. The van der Waals surface area contributed by atoms with Gasteiger partial charge in [0, 0.05) is 25.7 Å². The van der Waals surface area contributed by atoms with Crippen molar-refractivity contribution in [1.82, 2.24) is 9.80 Å². The minimum absolute atomic E-state index is 0.00314. The van der Waals surface area contributed by atoms with Gasteiger partial charge in [-0.25, -0.2) is 0 Å². The number of fused-ring (bicyclic) bond motifs is 2. The molecule has 2 aliphatic rings. The van der Waals surface area contributed by atoms with Crippen LogP contribution >= 0.6 is 0 Å². The Morgan fingerprint density at radius 3 is 2.58 bits per heavy atom. The molecule has 0 unspecified atom stereocenters. The fraction of sp³-hybridized carbons (Fsp3) is 0.400. The van der Waals surface area contributed by atoms with Crippen molar-refractivity contribution >= 4 is 23.4 Å². The minimum Gasteiger partial charge on any atom is -0.342 e. The van der Waals surface area contributed by atoms with Crippen LogP contribution in [0, 0.1) is 0 Å². The van der Waals surface area contributed by atoms with E-state index < -0.39 is 6.04 Å². The van der Waals surface area contributed by atoms with Crippen LogP contribution in [0.15, 0.2) is 48.5 Å². The molecule has 2 aromatic rings. The Kier molecular flexibility index (Phi) is 6.07. The van der Waals surface area contributed by atoms with Gasteiger partial charge in [0.25, 0.3) is 11.8 Å². The molecule has 0 aromatic heterocycles. The van der Waals surface area contributed by atoms with Crippen molar-refractivity contribution in [2.75, 3.05) is 25.0 Å². The molecule has 0 bridgehead atoms. The van der Waals surface area contributed by atoms with Gasteiger partial charge < -0.3 is 14.7 Å². The molecule has 1 atom stereocenters. The van der Waals surface area contributed by atoms with Gasteiger partial charge in [-0.05, 0) is 49.1 Å². The van der Waals surface area contributed by atoms with Crippen LogP contribution in [0.3, 0.4) is 0 Å². The summed E-state index contributed by atoms with van der Waals surface area (Å²) in [6.45, 7) is 3.84. The van der Waals surface area contributed by atoms with Gasteiger partial charge in [-0.15, -0.1) is 0 Å². The van der Waals surface area contributed by atoms with Gasteiger partial charge >= 0.3 is 0 Å². The number of rotatable bonds is 6. The highest BCUT2D eigenvalue weighted by atomic mass is 16.2. The smallest absolute Gasteiger partial charge is 0.256 e. The molecule has 2 heterocycles. The van der Waals surface area contributed by atoms with Crippen LogP contribution in [0.2, 0.25) is 0 Å². The Morgan fingerprint density at radius 1 is 1.10 bits per heavy atom. The molecular weight excluding hydrogens is 390 g/mol. The van der Waals surface area contributed by atoms with Crippen molar-refractivity contribution < 1.29 is 14.4 Å². The molecule has 0 aliphatic carbocycles. The molecule has 1 saturated heterocycles. The van der Waals surface area contributed by atoms with E-state index in [2.05, 4.69) is 6.92 Å². The lowest BCUT2D eigenvalue weighted by Crippen LogP contribution is -2.44. The Balaban J connectivity index is 1.58. The number of unbranched alkanes of at least 4 members (excludes halogenated alkanes) is 1. The van der Waals surface area contributed by atoms with E-state index in [9.17, 15) is 14.4 Å². The minimum atomic E-state index is -0.395. The average molecular weight is 420 g/mol. The van der Waals surface area contributed by atoms with E-state index in [0.29, 0.717) is 36.3 Å². The fourth-order valence-corrected chi connectivity index (χ4v) is 4.43. The number of amides is 3. The summed E-state index contributed by atoms with van der Waals surface area (Å²) in [4.78, 5) is 44.2. The molecule has 2 aliphatic heterocycles. The Morgan fingerprint density at radius 2 is 1.84 bits per heavy atom. The summed E-state index contributed by atoms with van der Waals surface area (Å²) in [6, 6.07) is 14.4. The van der Waals surface area contributed by atoms with Crippen molar-refractivity contribution in [3.05, 3.63) is 65.2 Å². The Labute approximate surface area is 183 Å². The van der Waals surface area contributed by atoms with Crippen LogP contribution in [0.4, 0.5) is 5.69 Å². The Bertz CT molecular complexity index is 986.